The van der Waals surface area contributed by atoms with Crippen LogP contribution in [-0.4, -0.2) is 38.2 Å². The number of thiocarbonyl (C=S) groups is 1. The summed E-state index contributed by atoms with van der Waals surface area (Å²) in [6.45, 7) is 0. The number of sulfone groups is 1. The summed E-state index contributed by atoms with van der Waals surface area (Å²) >= 11 is 4.74. The minimum absolute atomic E-state index is 0.0672. The van der Waals surface area contributed by atoms with Crippen molar-refractivity contribution in [3.8, 4) is 0 Å². The topological polar surface area (TPSA) is 55.4 Å². The van der Waals surface area contributed by atoms with Crippen LogP contribution in [0.3, 0.4) is 0 Å². The summed E-state index contributed by atoms with van der Waals surface area (Å²) in [6, 6.07) is -0.0672. The van der Waals surface area contributed by atoms with Crippen LogP contribution in [0, 0.1) is 0 Å². The lowest BCUT2D eigenvalue weighted by atomic mass is 10.3. The predicted molar refractivity (Wildman–Crippen MR) is 49.8 cm³/mol. The quantitative estimate of drug-likeness (QED) is 0.601. The maximum Gasteiger partial charge on any atom is 0.256 e. The fourth-order valence-corrected chi connectivity index (χ4v) is 2.97. The molecule has 0 aromatic heterocycles. The van der Waals surface area contributed by atoms with E-state index in [0.29, 0.717) is 6.42 Å². The first kappa shape index (κ1) is 9.73. The highest BCUT2D eigenvalue weighted by Crippen LogP contribution is 2.10. The van der Waals surface area contributed by atoms with Crippen LogP contribution in [0.5, 0.6) is 0 Å². The van der Waals surface area contributed by atoms with Crippen molar-refractivity contribution in [2.45, 2.75) is 12.5 Å². The molecule has 0 aromatic rings. The Balaban J connectivity index is 2.43. The zero-order valence-corrected chi connectivity index (χ0v) is 8.37. The van der Waals surface area contributed by atoms with E-state index in [1.54, 1.807) is 0 Å². The molecule has 0 aliphatic carbocycles. The molecule has 1 aliphatic heterocycles. The molecule has 1 N–H and O–H groups in total. The molecule has 70 valence electrons. The van der Waals surface area contributed by atoms with Gasteiger partial charge < -0.3 is 10.1 Å². The maximum absolute atomic E-state index is 11.0. The summed E-state index contributed by atoms with van der Waals surface area (Å²) in [7, 11) is -1.37. The molecule has 1 aliphatic rings. The van der Waals surface area contributed by atoms with Gasteiger partial charge in [-0.3, -0.25) is 0 Å². The zero-order valence-electron chi connectivity index (χ0n) is 6.74. The van der Waals surface area contributed by atoms with Gasteiger partial charge in [0.1, 0.15) is 0 Å². The number of hydrogen-bond donors (Lipinski definition) is 1. The molecular formula is C6H11NO3S2. The fraction of sp³-hybridized carbons (Fsp3) is 0.833. The number of ether oxygens (including phenoxy) is 1. The van der Waals surface area contributed by atoms with Gasteiger partial charge in [-0.2, -0.15) is 0 Å². The van der Waals surface area contributed by atoms with Gasteiger partial charge in [0.15, 0.2) is 9.84 Å². The number of rotatable bonds is 1. The average molecular weight is 209 g/mol. The third-order valence-electron chi connectivity index (χ3n) is 1.74. The third kappa shape index (κ3) is 2.60. The number of methoxy groups -OCH3 is 1. The van der Waals surface area contributed by atoms with Crippen molar-refractivity contribution in [1.82, 2.24) is 5.32 Å². The molecule has 12 heavy (non-hydrogen) atoms. The average Bonchev–Trinajstić information content (AvgIpc) is 2.30. The van der Waals surface area contributed by atoms with Gasteiger partial charge in [-0.15, -0.1) is 0 Å². The molecule has 0 bridgehead atoms. The Kier molecular flexibility index (Phi) is 2.89. The van der Waals surface area contributed by atoms with Gasteiger partial charge in [0.2, 0.25) is 0 Å². The SMILES string of the molecule is COC(=S)NC1CCS(=O)(=O)C1. The smallest absolute Gasteiger partial charge is 0.256 e. The zero-order chi connectivity index (χ0) is 9.19. The highest BCUT2D eigenvalue weighted by molar-refractivity contribution is 7.91. The van der Waals surface area contributed by atoms with E-state index < -0.39 is 9.84 Å². The van der Waals surface area contributed by atoms with Crippen LogP contribution in [0.2, 0.25) is 0 Å². The molecule has 0 amide bonds. The Morgan fingerprint density at radius 1 is 1.67 bits per heavy atom. The minimum Gasteiger partial charge on any atom is -0.474 e. The van der Waals surface area contributed by atoms with Crippen LogP contribution < -0.4 is 5.32 Å². The lowest BCUT2D eigenvalue weighted by molar-refractivity contribution is 0.385. The van der Waals surface area contributed by atoms with Gasteiger partial charge in [-0.1, -0.05) is 0 Å². The summed E-state index contributed by atoms with van der Waals surface area (Å²) in [5.41, 5.74) is 0. The minimum atomic E-state index is -2.83. The highest BCUT2D eigenvalue weighted by atomic mass is 32.2. The first-order chi connectivity index (χ1) is 5.53. The molecule has 0 spiro atoms. The largest absolute Gasteiger partial charge is 0.474 e. The predicted octanol–water partition coefficient (Wildman–Crippen LogP) is -0.306. The van der Waals surface area contributed by atoms with Crippen LogP contribution in [-0.2, 0) is 14.6 Å². The van der Waals surface area contributed by atoms with Crippen molar-refractivity contribution in [1.29, 1.82) is 0 Å². The molecule has 0 saturated carbocycles. The van der Waals surface area contributed by atoms with Gasteiger partial charge in [0.05, 0.1) is 18.6 Å². The summed E-state index contributed by atoms with van der Waals surface area (Å²) in [5.74, 6) is 0.410. The molecule has 0 radical (unpaired) electrons. The second kappa shape index (κ2) is 3.57. The molecule has 1 unspecified atom stereocenters. The van der Waals surface area contributed by atoms with Crippen molar-refractivity contribution in [3.05, 3.63) is 0 Å². The maximum atomic E-state index is 11.0. The monoisotopic (exact) mass is 209 g/mol. The Morgan fingerprint density at radius 3 is 2.75 bits per heavy atom. The Labute approximate surface area is 77.2 Å². The van der Waals surface area contributed by atoms with Gasteiger partial charge >= 0.3 is 0 Å². The second-order valence-corrected chi connectivity index (χ2v) is 5.34. The van der Waals surface area contributed by atoms with Gasteiger partial charge in [-0.05, 0) is 18.6 Å². The van der Waals surface area contributed by atoms with E-state index in [0.717, 1.165) is 0 Å². The van der Waals surface area contributed by atoms with Crippen molar-refractivity contribution in [2.24, 2.45) is 0 Å². The van der Waals surface area contributed by atoms with E-state index >= 15 is 0 Å². The first-order valence-electron chi connectivity index (χ1n) is 3.58. The molecule has 1 heterocycles. The highest BCUT2D eigenvalue weighted by Gasteiger charge is 2.28. The van der Waals surface area contributed by atoms with E-state index in [-0.39, 0.29) is 22.7 Å². The Morgan fingerprint density at radius 2 is 2.33 bits per heavy atom. The van der Waals surface area contributed by atoms with Crippen LogP contribution >= 0.6 is 12.2 Å². The standard InChI is InChI=1S/C6H11NO3S2/c1-10-6(11)7-5-2-3-12(8,9)4-5/h5H,2-4H2,1H3,(H,7,11). The van der Waals surface area contributed by atoms with Crippen molar-refractivity contribution in [2.75, 3.05) is 18.6 Å². The third-order valence-corrected chi connectivity index (χ3v) is 3.79. The molecule has 1 fully saturated rings. The van der Waals surface area contributed by atoms with Crippen molar-refractivity contribution < 1.29 is 13.2 Å². The fourth-order valence-electron chi connectivity index (χ4n) is 1.13. The Hall–Kier alpha value is -0.360. The van der Waals surface area contributed by atoms with Gasteiger partial charge in [0, 0.05) is 6.04 Å². The van der Waals surface area contributed by atoms with E-state index in [1.807, 2.05) is 0 Å². The van der Waals surface area contributed by atoms with Crippen LogP contribution in [0.1, 0.15) is 6.42 Å². The van der Waals surface area contributed by atoms with Crippen LogP contribution in [0.25, 0.3) is 0 Å². The number of nitrogens with one attached hydrogen (secondary N) is 1. The van der Waals surface area contributed by atoms with Gasteiger partial charge in [-0.25, -0.2) is 8.42 Å². The van der Waals surface area contributed by atoms with Gasteiger partial charge in [0.25, 0.3) is 5.17 Å². The van der Waals surface area contributed by atoms with Crippen LogP contribution in [0.15, 0.2) is 0 Å². The van der Waals surface area contributed by atoms with Crippen molar-refractivity contribution >= 4 is 27.2 Å². The lowest BCUT2D eigenvalue weighted by Crippen LogP contribution is -2.35. The second-order valence-electron chi connectivity index (χ2n) is 2.74. The molecule has 1 atom stereocenters. The molecule has 4 nitrogen and oxygen atoms in total. The number of hydrogen-bond acceptors (Lipinski definition) is 4. The summed E-state index contributed by atoms with van der Waals surface area (Å²) in [5, 5.41) is 3.08. The molecular weight excluding hydrogens is 198 g/mol. The Bertz CT molecular complexity index is 273. The molecule has 6 heteroatoms. The molecule has 0 aromatic carbocycles. The normalized spacial score (nSPS) is 26.6. The molecule has 1 saturated heterocycles. The molecule has 1 rings (SSSR count). The first-order valence-corrected chi connectivity index (χ1v) is 5.81. The summed E-state index contributed by atoms with van der Waals surface area (Å²) in [4.78, 5) is 0. The lowest BCUT2D eigenvalue weighted by Gasteiger charge is -2.10. The van der Waals surface area contributed by atoms with E-state index in [1.165, 1.54) is 7.11 Å². The van der Waals surface area contributed by atoms with Crippen LogP contribution in [0.4, 0.5) is 0 Å². The van der Waals surface area contributed by atoms with E-state index in [9.17, 15) is 8.42 Å². The van der Waals surface area contributed by atoms with E-state index in [2.05, 4.69) is 5.32 Å². The summed E-state index contributed by atoms with van der Waals surface area (Å²) in [6.07, 6.45) is 0.617. The summed E-state index contributed by atoms with van der Waals surface area (Å²) < 4.78 is 26.7. The van der Waals surface area contributed by atoms with Crippen molar-refractivity contribution in [3.63, 3.8) is 0 Å². The van der Waals surface area contributed by atoms with E-state index in [4.69, 9.17) is 17.0 Å².